The molecule has 88 valence electrons. The predicted molar refractivity (Wildman–Crippen MR) is 61.7 cm³/mol. The van der Waals surface area contributed by atoms with Crippen molar-refractivity contribution in [2.24, 2.45) is 11.8 Å². The minimum absolute atomic E-state index is 0.514. The van der Waals surface area contributed by atoms with Crippen LogP contribution < -0.4 is 0 Å². The highest BCUT2D eigenvalue weighted by molar-refractivity contribution is 5.49. The summed E-state index contributed by atoms with van der Waals surface area (Å²) in [5.74, 6) is 1.45. The van der Waals surface area contributed by atoms with Crippen LogP contribution in [0.3, 0.4) is 0 Å². The molecule has 0 aromatic heterocycles. The Hall–Kier alpha value is -0.370. The first kappa shape index (κ1) is 12.7. The maximum absolute atomic E-state index is 10.3. The average Bonchev–Trinajstić information content (AvgIpc) is 2.14. The van der Waals surface area contributed by atoms with E-state index < -0.39 is 5.60 Å². The minimum Gasteiger partial charge on any atom is -0.390 e. The highest BCUT2D eigenvalue weighted by Crippen LogP contribution is 2.35. The normalized spacial score (nSPS) is 27.7. The number of aldehydes is 1. The van der Waals surface area contributed by atoms with Crippen LogP contribution >= 0.6 is 0 Å². The van der Waals surface area contributed by atoms with Crippen molar-refractivity contribution in [3.8, 4) is 0 Å². The molecule has 2 heteroatoms. The maximum atomic E-state index is 10.3. The standard InChI is InChI=1S/C13H24O2/c1-13(2,15)10-12-7-5-11(6-8-12)4-3-9-14/h9,11-12,15H,3-8,10H2,1-2H3. The van der Waals surface area contributed by atoms with Crippen LogP contribution in [0.25, 0.3) is 0 Å². The van der Waals surface area contributed by atoms with Gasteiger partial charge in [-0.25, -0.2) is 0 Å². The van der Waals surface area contributed by atoms with Gasteiger partial charge in [-0.3, -0.25) is 0 Å². The van der Waals surface area contributed by atoms with Gasteiger partial charge in [0, 0.05) is 6.42 Å². The number of hydrogen-bond donors (Lipinski definition) is 1. The van der Waals surface area contributed by atoms with Crippen LogP contribution in [0.1, 0.15) is 58.8 Å². The molecule has 15 heavy (non-hydrogen) atoms. The second kappa shape index (κ2) is 5.64. The van der Waals surface area contributed by atoms with Gasteiger partial charge >= 0.3 is 0 Å². The van der Waals surface area contributed by atoms with Gasteiger partial charge in [-0.05, 0) is 38.5 Å². The van der Waals surface area contributed by atoms with Crippen LogP contribution in [0, 0.1) is 11.8 Å². The van der Waals surface area contributed by atoms with E-state index in [2.05, 4.69) is 0 Å². The molecule has 0 unspecified atom stereocenters. The fourth-order valence-electron chi connectivity index (χ4n) is 2.73. The van der Waals surface area contributed by atoms with E-state index >= 15 is 0 Å². The Morgan fingerprint density at radius 2 is 1.73 bits per heavy atom. The molecule has 0 aliphatic heterocycles. The summed E-state index contributed by atoms with van der Waals surface area (Å²) in [4.78, 5) is 10.3. The van der Waals surface area contributed by atoms with Crippen LogP contribution in [-0.2, 0) is 4.79 Å². The van der Waals surface area contributed by atoms with Crippen molar-refractivity contribution in [3.63, 3.8) is 0 Å². The van der Waals surface area contributed by atoms with Crippen LogP contribution in [0.15, 0.2) is 0 Å². The number of carbonyl (C=O) groups excluding carboxylic acids is 1. The summed E-state index contributed by atoms with van der Waals surface area (Å²) in [5, 5.41) is 9.73. The molecule has 0 aromatic carbocycles. The van der Waals surface area contributed by atoms with Gasteiger partial charge in [-0.1, -0.05) is 25.7 Å². The molecular formula is C13H24O2. The zero-order valence-electron chi connectivity index (χ0n) is 10.0. The van der Waals surface area contributed by atoms with E-state index in [1.807, 2.05) is 13.8 Å². The Morgan fingerprint density at radius 1 is 1.20 bits per heavy atom. The Bertz CT molecular complexity index is 185. The minimum atomic E-state index is -0.514. The lowest BCUT2D eigenvalue weighted by atomic mass is 9.76. The highest BCUT2D eigenvalue weighted by atomic mass is 16.3. The van der Waals surface area contributed by atoms with E-state index in [1.54, 1.807) is 0 Å². The van der Waals surface area contributed by atoms with Crippen LogP contribution in [0.2, 0.25) is 0 Å². The molecule has 1 rings (SSSR count). The van der Waals surface area contributed by atoms with E-state index in [0.29, 0.717) is 5.92 Å². The molecule has 0 aromatic rings. The summed E-state index contributed by atoms with van der Waals surface area (Å²) < 4.78 is 0. The van der Waals surface area contributed by atoms with Gasteiger partial charge in [0.25, 0.3) is 0 Å². The monoisotopic (exact) mass is 212 g/mol. The van der Waals surface area contributed by atoms with Gasteiger partial charge in [-0.15, -0.1) is 0 Å². The van der Waals surface area contributed by atoms with Crippen molar-refractivity contribution in [3.05, 3.63) is 0 Å². The number of aliphatic hydroxyl groups is 1. The summed E-state index contributed by atoms with van der Waals surface area (Å²) in [5.41, 5.74) is -0.514. The number of rotatable bonds is 5. The molecule has 2 nitrogen and oxygen atoms in total. The lowest BCUT2D eigenvalue weighted by Crippen LogP contribution is -2.26. The van der Waals surface area contributed by atoms with Gasteiger partial charge in [0.15, 0.2) is 0 Å². The molecule has 0 bridgehead atoms. The largest absolute Gasteiger partial charge is 0.390 e. The molecule has 1 aliphatic carbocycles. The fourth-order valence-corrected chi connectivity index (χ4v) is 2.73. The summed E-state index contributed by atoms with van der Waals surface area (Å²) in [6, 6.07) is 0. The molecular weight excluding hydrogens is 188 g/mol. The van der Waals surface area contributed by atoms with E-state index in [0.717, 1.165) is 31.5 Å². The number of hydrogen-bond acceptors (Lipinski definition) is 2. The van der Waals surface area contributed by atoms with Crippen LogP contribution in [-0.4, -0.2) is 17.0 Å². The van der Waals surface area contributed by atoms with Gasteiger partial charge in [-0.2, -0.15) is 0 Å². The quantitative estimate of drug-likeness (QED) is 0.711. The number of carbonyl (C=O) groups is 1. The smallest absolute Gasteiger partial charge is 0.120 e. The first-order chi connectivity index (χ1) is 7.01. The maximum Gasteiger partial charge on any atom is 0.120 e. The predicted octanol–water partition coefficient (Wildman–Crippen LogP) is 2.93. The molecule has 0 amide bonds. The van der Waals surface area contributed by atoms with Crippen LogP contribution in [0.5, 0.6) is 0 Å². The third-order valence-electron chi connectivity index (χ3n) is 3.45. The first-order valence-electron chi connectivity index (χ1n) is 6.17. The Kier molecular flexibility index (Phi) is 4.78. The van der Waals surface area contributed by atoms with Crippen LogP contribution in [0.4, 0.5) is 0 Å². The summed E-state index contributed by atoms with van der Waals surface area (Å²) in [6.07, 6.45) is 8.69. The summed E-state index contributed by atoms with van der Waals surface area (Å²) in [6.45, 7) is 3.79. The molecule has 1 fully saturated rings. The molecule has 0 heterocycles. The average molecular weight is 212 g/mol. The first-order valence-corrected chi connectivity index (χ1v) is 6.17. The zero-order chi connectivity index (χ0) is 11.3. The van der Waals surface area contributed by atoms with E-state index in [9.17, 15) is 9.90 Å². The topological polar surface area (TPSA) is 37.3 Å². The van der Waals surface area contributed by atoms with E-state index in [-0.39, 0.29) is 0 Å². The Morgan fingerprint density at radius 3 is 2.20 bits per heavy atom. The molecule has 0 atom stereocenters. The lowest BCUT2D eigenvalue weighted by molar-refractivity contribution is -0.108. The Labute approximate surface area is 93.1 Å². The molecule has 1 N–H and O–H groups in total. The van der Waals surface area contributed by atoms with E-state index in [1.165, 1.54) is 25.7 Å². The van der Waals surface area contributed by atoms with Crippen molar-refractivity contribution in [2.75, 3.05) is 0 Å². The molecule has 1 aliphatic rings. The zero-order valence-corrected chi connectivity index (χ0v) is 10.0. The summed E-state index contributed by atoms with van der Waals surface area (Å²) >= 11 is 0. The highest BCUT2D eigenvalue weighted by Gasteiger charge is 2.25. The molecule has 0 saturated heterocycles. The van der Waals surface area contributed by atoms with E-state index in [4.69, 9.17) is 0 Å². The van der Waals surface area contributed by atoms with Gasteiger partial charge < -0.3 is 9.90 Å². The van der Waals surface area contributed by atoms with Crippen molar-refractivity contribution in [1.29, 1.82) is 0 Å². The fraction of sp³-hybridized carbons (Fsp3) is 0.923. The van der Waals surface area contributed by atoms with Gasteiger partial charge in [0.2, 0.25) is 0 Å². The Balaban J connectivity index is 2.21. The molecule has 0 spiro atoms. The van der Waals surface area contributed by atoms with Crippen molar-refractivity contribution < 1.29 is 9.90 Å². The second-order valence-electron chi connectivity index (χ2n) is 5.65. The lowest BCUT2D eigenvalue weighted by Gasteiger charge is -2.31. The van der Waals surface area contributed by atoms with Gasteiger partial charge in [0.1, 0.15) is 6.29 Å². The SMILES string of the molecule is CC(C)(O)CC1CCC(CCC=O)CC1. The van der Waals surface area contributed by atoms with Gasteiger partial charge in [0.05, 0.1) is 5.60 Å². The second-order valence-corrected chi connectivity index (χ2v) is 5.65. The molecule has 1 saturated carbocycles. The third kappa shape index (κ3) is 5.31. The summed E-state index contributed by atoms with van der Waals surface area (Å²) in [7, 11) is 0. The van der Waals surface area contributed by atoms with Crippen molar-refractivity contribution >= 4 is 6.29 Å². The molecule has 0 radical (unpaired) electrons. The van der Waals surface area contributed by atoms with Crippen molar-refractivity contribution in [1.82, 2.24) is 0 Å². The van der Waals surface area contributed by atoms with Crippen molar-refractivity contribution in [2.45, 2.75) is 64.4 Å². The third-order valence-corrected chi connectivity index (χ3v) is 3.45.